The lowest BCUT2D eigenvalue weighted by atomic mass is 9.36. The van der Waals surface area contributed by atoms with Crippen molar-refractivity contribution in [1.82, 2.24) is 9.13 Å². The molecule has 0 fully saturated rings. The van der Waals surface area contributed by atoms with Crippen LogP contribution in [-0.4, -0.2) is 15.8 Å². The number of fused-ring (bicyclic) bond motifs is 14. The molecule has 7 heteroatoms. The Balaban J connectivity index is 1.15. The molecule has 0 amide bonds. The number of furan rings is 2. The first-order chi connectivity index (χ1) is 32.7. The lowest BCUT2D eigenvalue weighted by molar-refractivity contribution is 0.663. The molecule has 0 bridgehead atoms. The predicted molar refractivity (Wildman–Crippen MR) is 272 cm³/mol. The van der Waals surface area contributed by atoms with Crippen LogP contribution in [0.3, 0.4) is 0 Å². The summed E-state index contributed by atoms with van der Waals surface area (Å²) in [5, 5.41) is 4.55. The van der Waals surface area contributed by atoms with Gasteiger partial charge in [0.15, 0.2) is 11.2 Å². The Hall–Kier alpha value is -7.64. The fourth-order valence-electron chi connectivity index (χ4n) is 12.8. The molecule has 2 aliphatic heterocycles. The number of anilines is 6. The fourth-order valence-corrected chi connectivity index (χ4v) is 12.8. The van der Waals surface area contributed by atoms with E-state index in [4.69, 9.17) is 8.83 Å². The first-order valence-electron chi connectivity index (χ1n) is 23.9. The topological polar surface area (TPSA) is 42.6 Å². The van der Waals surface area contributed by atoms with Crippen LogP contribution in [0.1, 0.15) is 53.8 Å². The van der Waals surface area contributed by atoms with Gasteiger partial charge >= 0.3 is 0 Å². The SMILES string of the molecule is Cc1cc2c3c(c1)N(c1cccc4c1oc1ccccc14)c1c4c(n(-c5ccccc5)c1B3c1c(c3c(n1-c1ccccc1)CCCC3)N2c1cccc2c1oc1ccccc12)CCCC4. The molecule has 66 heavy (non-hydrogen) atoms. The number of para-hydroxylation sites is 6. The summed E-state index contributed by atoms with van der Waals surface area (Å²) in [4.78, 5) is 5.26. The number of hydrogen-bond acceptors (Lipinski definition) is 4. The third-order valence-electron chi connectivity index (χ3n) is 15.3. The summed E-state index contributed by atoms with van der Waals surface area (Å²) in [5.74, 6) is 0. The molecule has 2 aliphatic carbocycles. The van der Waals surface area contributed by atoms with Gasteiger partial charge in [-0.2, -0.15) is 0 Å². The largest absolute Gasteiger partial charge is 0.454 e. The number of aryl methyl sites for hydroxylation is 1. The van der Waals surface area contributed by atoms with E-state index < -0.39 is 0 Å². The Kier molecular flexibility index (Phi) is 7.61. The van der Waals surface area contributed by atoms with E-state index in [1.165, 1.54) is 91.7 Å². The molecule has 316 valence electrons. The minimum absolute atomic E-state index is 0.102. The van der Waals surface area contributed by atoms with Crippen LogP contribution in [0, 0.1) is 6.92 Å². The van der Waals surface area contributed by atoms with Crippen molar-refractivity contribution in [2.24, 2.45) is 0 Å². The molecule has 0 spiro atoms. The molecule has 0 saturated carbocycles. The van der Waals surface area contributed by atoms with Crippen molar-refractivity contribution in [3.8, 4) is 11.4 Å². The summed E-state index contributed by atoms with van der Waals surface area (Å²) < 4.78 is 19.4. The summed E-state index contributed by atoms with van der Waals surface area (Å²) in [6.07, 6.45) is 8.75. The third kappa shape index (κ3) is 4.87. The summed E-state index contributed by atoms with van der Waals surface area (Å²) >= 11 is 0. The molecule has 11 aromatic rings. The monoisotopic (exact) mass is 852 g/mol. The van der Waals surface area contributed by atoms with E-state index >= 15 is 0 Å². The Bertz CT molecular complexity index is 3570. The van der Waals surface area contributed by atoms with Crippen molar-refractivity contribution in [2.75, 3.05) is 9.80 Å². The van der Waals surface area contributed by atoms with Gasteiger partial charge in [0.25, 0.3) is 6.71 Å². The lowest BCUT2D eigenvalue weighted by Crippen LogP contribution is -2.64. The van der Waals surface area contributed by atoms with Gasteiger partial charge in [-0.15, -0.1) is 0 Å². The molecule has 0 saturated heterocycles. The van der Waals surface area contributed by atoms with Crippen molar-refractivity contribution in [1.29, 1.82) is 0 Å². The smallest absolute Gasteiger partial charge is 0.294 e. The van der Waals surface area contributed by atoms with Gasteiger partial charge in [-0.05, 0) is 141 Å². The standard InChI is InChI=1S/C59H45BN4O2/c1-36-34-49-53-50(35-36)64(48-31-17-27-42-40-23-11-15-33-52(40)66-57(42)48)55-44-25-9-13-29-46(44)62(38-20-6-3-7-21-38)59(55)60(53)58-54(43-24-8-12-28-45(43)61(58)37-18-4-2-5-19-37)63(49)47-30-16-26-41-39-22-10-14-32-51(39)65-56(41)47/h2-7,10-11,14-23,26-27,30-35H,8-9,12-13,24-25,28-29H2,1H3. The first-order valence-corrected chi connectivity index (χ1v) is 23.9. The number of aromatic nitrogens is 2. The van der Waals surface area contributed by atoms with Gasteiger partial charge in [-0.1, -0.05) is 97.1 Å². The molecule has 15 rings (SSSR count). The van der Waals surface area contributed by atoms with Crippen LogP contribution in [-0.2, 0) is 25.7 Å². The highest BCUT2D eigenvalue weighted by molar-refractivity contribution is 7.00. The first kappa shape index (κ1) is 36.7. The molecule has 0 N–H and O–H groups in total. The Labute approximate surface area is 383 Å². The van der Waals surface area contributed by atoms with Crippen molar-refractivity contribution in [3.63, 3.8) is 0 Å². The second-order valence-electron chi connectivity index (χ2n) is 18.9. The van der Waals surface area contributed by atoms with Crippen LogP contribution >= 0.6 is 0 Å². The van der Waals surface area contributed by atoms with E-state index in [0.29, 0.717) is 0 Å². The van der Waals surface area contributed by atoms with Gasteiger partial charge in [0.05, 0.1) is 22.7 Å². The van der Waals surface area contributed by atoms with E-state index in [9.17, 15) is 0 Å². The van der Waals surface area contributed by atoms with E-state index in [1.807, 2.05) is 0 Å². The predicted octanol–water partition coefficient (Wildman–Crippen LogP) is 13.2. The van der Waals surface area contributed by atoms with E-state index in [0.717, 1.165) is 93.8 Å². The maximum Gasteiger partial charge on any atom is 0.294 e. The van der Waals surface area contributed by atoms with Gasteiger partial charge in [-0.25, -0.2) is 0 Å². The van der Waals surface area contributed by atoms with Crippen molar-refractivity contribution in [3.05, 3.63) is 186 Å². The van der Waals surface area contributed by atoms with E-state index in [-0.39, 0.29) is 6.71 Å². The molecule has 4 aliphatic rings. The minimum Gasteiger partial charge on any atom is -0.454 e. The highest BCUT2D eigenvalue weighted by Crippen LogP contribution is 2.53. The number of benzene rings is 7. The number of nitrogens with zero attached hydrogens (tertiary/aromatic N) is 4. The van der Waals surface area contributed by atoms with Gasteiger partial charge in [0, 0.05) is 66.9 Å². The molecule has 0 radical (unpaired) electrons. The highest BCUT2D eigenvalue weighted by Gasteiger charge is 2.51. The third-order valence-corrected chi connectivity index (χ3v) is 15.3. The quantitative estimate of drug-likeness (QED) is 0.165. The normalized spacial score (nSPS) is 15.1. The van der Waals surface area contributed by atoms with Crippen LogP contribution in [0.5, 0.6) is 0 Å². The lowest BCUT2D eigenvalue weighted by Gasteiger charge is -2.43. The zero-order valence-electron chi connectivity index (χ0n) is 36.9. The van der Waals surface area contributed by atoms with Crippen molar-refractivity contribution in [2.45, 2.75) is 58.3 Å². The second-order valence-corrected chi connectivity index (χ2v) is 18.9. The zero-order valence-corrected chi connectivity index (χ0v) is 36.9. The summed E-state index contributed by atoms with van der Waals surface area (Å²) in [6, 6.07) is 57.9. The molecule has 4 aromatic heterocycles. The van der Waals surface area contributed by atoms with E-state index in [2.05, 4.69) is 184 Å². The summed E-state index contributed by atoms with van der Waals surface area (Å²) in [5.41, 5.74) is 24.3. The average Bonchev–Trinajstić information content (AvgIpc) is 4.13. The Morgan fingerprint density at radius 3 is 1.33 bits per heavy atom. The Morgan fingerprint density at radius 1 is 0.424 bits per heavy atom. The van der Waals surface area contributed by atoms with Gasteiger partial charge in [-0.3, -0.25) is 0 Å². The minimum atomic E-state index is -0.102. The van der Waals surface area contributed by atoms with Crippen LogP contribution < -0.4 is 26.4 Å². The maximum atomic E-state index is 7.01. The molecule has 0 unspecified atom stereocenters. The maximum absolute atomic E-state index is 7.01. The Morgan fingerprint density at radius 2 is 0.848 bits per heavy atom. The second kappa shape index (κ2) is 13.7. The number of hydrogen-bond donors (Lipinski definition) is 0. The summed E-state index contributed by atoms with van der Waals surface area (Å²) in [6.45, 7) is 2.18. The fraction of sp³-hybridized carbons (Fsp3) is 0.153. The molecular weight excluding hydrogens is 807 g/mol. The molecule has 6 heterocycles. The van der Waals surface area contributed by atoms with Crippen LogP contribution in [0.2, 0.25) is 0 Å². The van der Waals surface area contributed by atoms with Gasteiger partial charge < -0.3 is 27.8 Å². The van der Waals surface area contributed by atoms with Crippen LogP contribution in [0.15, 0.2) is 167 Å². The number of rotatable bonds is 4. The van der Waals surface area contributed by atoms with E-state index in [1.54, 1.807) is 0 Å². The molecular formula is C59H45BN4O2. The molecule has 6 nitrogen and oxygen atoms in total. The molecule has 0 atom stereocenters. The van der Waals surface area contributed by atoms with Crippen molar-refractivity contribution < 1.29 is 8.83 Å². The van der Waals surface area contributed by atoms with Crippen molar-refractivity contribution >= 4 is 101 Å². The van der Waals surface area contributed by atoms with Gasteiger partial charge in [0.2, 0.25) is 0 Å². The zero-order chi connectivity index (χ0) is 43.2. The highest BCUT2D eigenvalue weighted by atomic mass is 16.3. The van der Waals surface area contributed by atoms with Gasteiger partial charge in [0.1, 0.15) is 11.2 Å². The molecule has 7 aromatic carbocycles. The van der Waals surface area contributed by atoms with Crippen LogP contribution in [0.4, 0.5) is 34.1 Å². The van der Waals surface area contributed by atoms with Crippen LogP contribution in [0.25, 0.3) is 55.3 Å². The average molecular weight is 853 g/mol. The summed E-state index contributed by atoms with van der Waals surface area (Å²) in [7, 11) is 0.